The minimum atomic E-state index is -0.205. The molecule has 2 aromatic rings. The van der Waals surface area contributed by atoms with E-state index in [1.165, 1.54) is 23.5 Å². The Hall–Kier alpha value is -1.46. The van der Waals surface area contributed by atoms with E-state index in [0.717, 1.165) is 24.3 Å². The molecule has 0 unspecified atom stereocenters. The molecular weight excluding hydrogens is 237 g/mol. The number of benzene rings is 1. The Kier molecular flexibility index (Phi) is 3.71. The van der Waals surface area contributed by atoms with E-state index in [2.05, 4.69) is 9.88 Å². The van der Waals surface area contributed by atoms with Crippen molar-refractivity contribution in [1.82, 2.24) is 9.88 Å². The molecule has 0 spiro atoms. The van der Waals surface area contributed by atoms with Crippen molar-refractivity contribution in [3.63, 3.8) is 0 Å². The van der Waals surface area contributed by atoms with E-state index in [-0.39, 0.29) is 5.82 Å². The summed E-state index contributed by atoms with van der Waals surface area (Å²) in [6.07, 6.45) is 0. The van der Waals surface area contributed by atoms with Gasteiger partial charge >= 0.3 is 0 Å². The topological polar surface area (TPSA) is 42.1 Å². The molecule has 0 saturated heterocycles. The summed E-state index contributed by atoms with van der Waals surface area (Å²) in [5, 5.41) is 2.55. The van der Waals surface area contributed by atoms with Crippen molar-refractivity contribution in [3.05, 3.63) is 46.7 Å². The summed E-state index contributed by atoms with van der Waals surface area (Å²) in [6.45, 7) is 1.50. The third-order valence-corrected chi connectivity index (χ3v) is 3.09. The summed E-state index contributed by atoms with van der Waals surface area (Å²) >= 11 is 1.45. The van der Waals surface area contributed by atoms with Crippen LogP contribution in [0.4, 0.5) is 9.52 Å². The number of nitrogen functional groups attached to an aromatic ring is 1. The van der Waals surface area contributed by atoms with Crippen molar-refractivity contribution in [2.45, 2.75) is 13.1 Å². The summed E-state index contributed by atoms with van der Waals surface area (Å²) in [6, 6.07) is 6.54. The summed E-state index contributed by atoms with van der Waals surface area (Å²) in [7, 11) is 2.00. The summed E-state index contributed by atoms with van der Waals surface area (Å²) in [5.74, 6) is -0.205. The number of nitrogens with zero attached hydrogens (tertiary/aromatic N) is 2. The van der Waals surface area contributed by atoms with Gasteiger partial charge in [-0.05, 0) is 24.7 Å². The predicted octanol–water partition coefficient (Wildman–Crippen LogP) is 2.50. The second-order valence-corrected chi connectivity index (χ2v) is 4.87. The van der Waals surface area contributed by atoms with Gasteiger partial charge in [0.05, 0.1) is 5.69 Å². The zero-order valence-corrected chi connectivity index (χ0v) is 10.4. The smallest absolute Gasteiger partial charge is 0.180 e. The molecule has 2 rings (SSSR count). The molecule has 0 fully saturated rings. The molecule has 0 amide bonds. The molecule has 0 radical (unpaired) electrons. The van der Waals surface area contributed by atoms with Crippen molar-refractivity contribution in [2.24, 2.45) is 0 Å². The second kappa shape index (κ2) is 5.25. The highest BCUT2D eigenvalue weighted by atomic mass is 32.1. The van der Waals surface area contributed by atoms with Crippen molar-refractivity contribution >= 4 is 16.5 Å². The van der Waals surface area contributed by atoms with E-state index in [1.807, 2.05) is 12.4 Å². The van der Waals surface area contributed by atoms with E-state index in [4.69, 9.17) is 5.73 Å². The fourth-order valence-electron chi connectivity index (χ4n) is 1.63. The number of aromatic nitrogens is 1. The van der Waals surface area contributed by atoms with E-state index in [9.17, 15) is 4.39 Å². The van der Waals surface area contributed by atoms with E-state index < -0.39 is 0 Å². The van der Waals surface area contributed by atoms with Crippen LogP contribution < -0.4 is 5.73 Å². The standard InChI is InChI=1S/C12H14FN3S/c1-16(7-11-8-17-12(14)15-11)6-9-2-4-10(13)5-3-9/h2-5,8H,6-7H2,1H3,(H2,14,15). The van der Waals surface area contributed by atoms with Crippen LogP contribution in [0.3, 0.4) is 0 Å². The zero-order valence-electron chi connectivity index (χ0n) is 9.56. The molecule has 2 N–H and O–H groups in total. The van der Waals surface area contributed by atoms with Gasteiger partial charge in [-0.3, -0.25) is 4.90 Å². The van der Waals surface area contributed by atoms with Gasteiger partial charge in [-0.25, -0.2) is 9.37 Å². The van der Waals surface area contributed by atoms with Gasteiger partial charge in [0, 0.05) is 18.5 Å². The van der Waals surface area contributed by atoms with Crippen LogP contribution in [0, 0.1) is 5.82 Å². The van der Waals surface area contributed by atoms with Gasteiger partial charge in [0.1, 0.15) is 5.82 Å². The molecule has 1 aromatic heterocycles. The van der Waals surface area contributed by atoms with Crippen LogP contribution in [-0.2, 0) is 13.1 Å². The number of rotatable bonds is 4. The molecule has 0 atom stereocenters. The number of hydrogen-bond donors (Lipinski definition) is 1. The van der Waals surface area contributed by atoms with Crippen LogP contribution in [0.1, 0.15) is 11.3 Å². The van der Waals surface area contributed by atoms with Crippen LogP contribution in [-0.4, -0.2) is 16.9 Å². The first-order valence-electron chi connectivity index (χ1n) is 5.26. The average Bonchev–Trinajstić information content (AvgIpc) is 2.67. The summed E-state index contributed by atoms with van der Waals surface area (Å²) in [4.78, 5) is 6.31. The molecule has 0 aliphatic rings. The Labute approximate surface area is 104 Å². The van der Waals surface area contributed by atoms with Crippen LogP contribution in [0.2, 0.25) is 0 Å². The molecule has 0 saturated carbocycles. The second-order valence-electron chi connectivity index (χ2n) is 3.98. The molecular formula is C12H14FN3S. The van der Waals surface area contributed by atoms with Gasteiger partial charge in [0.25, 0.3) is 0 Å². The van der Waals surface area contributed by atoms with Crippen LogP contribution in [0.25, 0.3) is 0 Å². The fourth-order valence-corrected chi connectivity index (χ4v) is 2.18. The number of thiazole rings is 1. The number of hydrogen-bond acceptors (Lipinski definition) is 4. The maximum Gasteiger partial charge on any atom is 0.180 e. The lowest BCUT2D eigenvalue weighted by Crippen LogP contribution is -2.17. The molecule has 5 heteroatoms. The van der Waals surface area contributed by atoms with Gasteiger partial charge in [-0.2, -0.15) is 0 Å². The monoisotopic (exact) mass is 251 g/mol. The molecule has 1 heterocycles. The lowest BCUT2D eigenvalue weighted by molar-refractivity contribution is 0.316. The molecule has 0 bridgehead atoms. The van der Waals surface area contributed by atoms with Gasteiger partial charge < -0.3 is 5.73 Å². The van der Waals surface area contributed by atoms with Gasteiger partial charge in [-0.1, -0.05) is 12.1 Å². The Morgan fingerprint density at radius 1 is 1.29 bits per heavy atom. The highest BCUT2D eigenvalue weighted by Crippen LogP contribution is 2.13. The maximum absolute atomic E-state index is 12.7. The molecule has 3 nitrogen and oxygen atoms in total. The van der Waals surface area contributed by atoms with Gasteiger partial charge in [0.15, 0.2) is 5.13 Å². The highest BCUT2D eigenvalue weighted by Gasteiger charge is 2.04. The quantitative estimate of drug-likeness (QED) is 0.907. The minimum absolute atomic E-state index is 0.205. The first-order chi connectivity index (χ1) is 8.13. The molecule has 17 heavy (non-hydrogen) atoms. The summed E-state index contributed by atoms with van der Waals surface area (Å²) < 4.78 is 12.7. The van der Waals surface area contributed by atoms with Crippen molar-refractivity contribution in [2.75, 3.05) is 12.8 Å². The Morgan fingerprint density at radius 2 is 2.00 bits per heavy atom. The molecule has 0 aliphatic carbocycles. The van der Waals surface area contributed by atoms with Gasteiger partial charge in [0.2, 0.25) is 0 Å². The molecule has 90 valence electrons. The average molecular weight is 251 g/mol. The normalized spacial score (nSPS) is 11.0. The third kappa shape index (κ3) is 3.51. The number of nitrogens with two attached hydrogens (primary N) is 1. The van der Waals surface area contributed by atoms with E-state index in [0.29, 0.717) is 5.13 Å². The maximum atomic E-state index is 12.7. The third-order valence-electron chi connectivity index (χ3n) is 2.37. The van der Waals surface area contributed by atoms with Crippen molar-refractivity contribution in [1.29, 1.82) is 0 Å². The van der Waals surface area contributed by atoms with E-state index >= 15 is 0 Å². The van der Waals surface area contributed by atoms with Crippen molar-refractivity contribution in [3.8, 4) is 0 Å². The fraction of sp³-hybridized carbons (Fsp3) is 0.250. The highest BCUT2D eigenvalue weighted by molar-refractivity contribution is 7.13. The SMILES string of the molecule is CN(Cc1ccc(F)cc1)Cc1csc(N)n1. The Balaban J connectivity index is 1.93. The Morgan fingerprint density at radius 3 is 2.59 bits per heavy atom. The predicted molar refractivity (Wildman–Crippen MR) is 68.1 cm³/mol. The van der Waals surface area contributed by atoms with Crippen LogP contribution in [0.5, 0.6) is 0 Å². The summed E-state index contributed by atoms with van der Waals surface area (Å²) in [5.41, 5.74) is 7.62. The lowest BCUT2D eigenvalue weighted by Gasteiger charge is -2.15. The Bertz CT molecular complexity index is 481. The largest absolute Gasteiger partial charge is 0.375 e. The lowest BCUT2D eigenvalue weighted by atomic mass is 10.2. The minimum Gasteiger partial charge on any atom is -0.375 e. The van der Waals surface area contributed by atoms with Gasteiger partial charge in [-0.15, -0.1) is 11.3 Å². The number of halogens is 1. The van der Waals surface area contributed by atoms with E-state index in [1.54, 1.807) is 12.1 Å². The molecule has 1 aromatic carbocycles. The van der Waals surface area contributed by atoms with Crippen LogP contribution >= 0.6 is 11.3 Å². The first-order valence-corrected chi connectivity index (χ1v) is 6.14. The number of anilines is 1. The molecule has 0 aliphatic heterocycles. The first kappa shape index (κ1) is 12.0. The van der Waals surface area contributed by atoms with Crippen molar-refractivity contribution < 1.29 is 4.39 Å². The zero-order chi connectivity index (χ0) is 12.3. The van der Waals surface area contributed by atoms with Crippen LogP contribution in [0.15, 0.2) is 29.6 Å².